The second-order valence-electron chi connectivity index (χ2n) is 4.43. The zero-order chi connectivity index (χ0) is 13.4. The first-order chi connectivity index (χ1) is 8.63. The van der Waals surface area contributed by atoms with Crippen LogP contribution in [-0.2, 0) is 11.2 Å². The van der Waals surface area contributed by atoms with E-state index in [1.54, 1.807) is 0 Å². The van der Waals surface area contributed by atoms with Gasteiger partial charge in [0.2, 0.25) is 5.91 Å². The number of hydrogen-bond acceptors (Lipinski definition) is 2. The maximum atomic E-state index is 11.6. The Morgan fingerprint density at radius 2 is 2.17 bits per heavy atom. The Morgan fingerprint density at radius 3 is 2.83 bits per heavy atom. The highest BCUT2D eigenvalue weighted by Gasteiger charge is 2.03. The number of nitrogens with two attached hydrogens (primary N) is 1. The van der Waals surface area contributed by atoms with Gasteiger partial charge >= 0.3 is 0 Å². The lowest BCUT2D eigenvalue weighted by atomic mass is 10.1. The maximum Gasteiger partial charge on any atom is 0.220 e. The molecule has 3 N–H and O–H groups in total. The molecule has 0 saturated heterocycles. The van der Waals surface area contributed by atoms with Crippen molar-refractivity contribution >= 4 is 21.8 Å². The molecule has 1 amide bonds. The minimum Gasteiger partial charge on any atom is -0.356 e. The van der Waals surface area contributed by atoms with Crippen LogP contribution in [0.1, 0.15) is 30.4 Å². The predicted molar refractivity (Wildman–Crippen MR) is 78.5 cm³/mol. The van der Waals surface area contributed by atoms with Crippen molar-refractivity contribution in [2.24, 2.45) is 5.73 Å². The number of carbonyl (C=O) groups excluding carboxylic acids is 1. The Kier molecular flexibility index (Phi) is 6.98. The average molecular weight is 313 g/mol. The molecule has 3 nitrogen and oxygen atoms in total. The lowest BCUT2D eigenvalue weighted by Gasteiger charge is -2.06. The van der Waals surface area contributed by atoms with Crippen molar-refractivity contribution in [1.29, 1.82) is 0 Å². The van der Waals surface area contributed by atoms with E-state index in [0.29, 0.717) is 13.0 Å². The summed E-state index contributed by atoms with van der Waals surface area (Å²) in [5.41, 5.74) is 7.80. The van der Waals surface area contributed by atoms with E-state index in [2.05, 4.69) is 40.3 Å². The Morgan fingerprint density at radius 1 is 1.39 bits per heavy atom. The van der Waals surface area contributed by atoms with Crippen molar-refractivity contribution in [3.05, 3.63) is 33.8 Å². The van der Waals surface area contributed by atoms with Gasteiger partial charge in [-0.2, -0.15) is 0 Å². The topological polar surface area (TPSA) is 55.1 Å². The molecule has 100 valence electrons. The molecule has 0 aromatic heterocycles. The summed E-state index contributed by atoms with van der Waals surface area (Å²) in [6.45, 7) is 3.48. The van der Waals surface area contributed by atoms with Gasteiger partial charge in [-0.1, -0.05) is 28.1 Å². The number of carbonyl (C=O) groups is 1. The van der Waals surface area contributed by atoms with Crippen molar-refractivity contribution in [3.8, 4) is 0 Å². The minimum absolute atomic E-state index is 0.118. The van der Waals surface area contributed by atoms with Crippen LogP contribution in [0.15, 0.2) is 22.7 Å². The smallest absolute Gasteiger partial charge is 0.220 e. The number of aryl methyl sites for hydroxylation is 2. The van der Waals surface area contributed by atoms with Crippen LogP contribution in [0.25, 0.3) is 0 Å². The third-order valence-electron chi connectivity index (χ3n) is 2.82. The number of benzene rings is 1. The number of nitrogens with one attached hydrogen (secondary N) is 1. The number of unbranched alkanes of at least 4 members (excludes halogenated alkanes) is 1. The molecule has 0 aliphatic heterocycles. The van der Waals surface area contributed by atoms with Crippen LogP contribution in [0.4, 0.5) is 0 Å². The van der Waals surface area contributed by atoms with Crippen LogP contribution in [0.2, 0.25) is 0 Å². The van der Waals surface area contributed by atoms with E-state index in [0.717, 1.165) is 30.3 Å². The van der Waals surface area contributed by atoms with Crippen molar-refractivity contribution < 1.29 is 4.79 Å². The van der Waals surface area contributed by atoms with Crippen LogP contribution in [0.3, 0.4) is 0 Å². The SMILES string of the molecule is Cc1cc(CCC(=O)NCCCCN)ccc1Br. The molecule has 0 aliphatic rings. The Labute approximate surface area is 117 Å². The predicted octanol–water partition coefficient (Wildman–Crippen LogP) is 2.55. The number of halogens is 1. The van der Waals surface area contributed by atoms with Gasteiger partial charge in [0.25, 0.3) is 0 Å². The van der Waals surface area contributed by atoms with Crippen LogP contribution >= 0.6 is 15.9 Å². The Hall–Kier alpha value is -0.870. The van der Waals surface area contributed by atoms with Crippen LogP contribution in [0, 0.1) is 6.92 Å². The molecule has 0 aliphatic carbocycles. The number of amides is 1. The first-order valence-corrected chi connectivity index (χ1v) is 7.14. The normalized spacial score (nSPS) is 10.4. The lowest BCUT2D eigenvalue weighted by molar-refractivity contribution is -0.121. The van der Waals surface area contributed by atoms with E-state index in [1.807, 2.05) is 6.07 Å². The van der Waals surface area contributed by atoms with Crippen LogP contribution in [-0.4, -0.2) is 19.0 Å². The molecule has 18 heavy (non-hydrogen) atoms. The average Bonchev–Trinajstić information content (AvgIpc) is 2.36. The summed E-state index contributed by atoms with van der Waals surface area (Å²) in [6, 6.07) is 6.20. The molecule has 1 rings (SSSR count). The van der Waals surface area contributed by atoms with Crippen molar-refractivity contribution in [3.63, 3.8) is 0 Å². The zero-order valence-corrected chi connectivity index (χ0v) is 12.4. The molecular formula is C14H21BrN2O. The monoisotopic (exact) mass is 312 g/mol. The van der Waals surface area contributed by atoms with Gasteiger partial charge in [-0.05, 0) is 49.9 Å². The Bertz CT molecular complexity index is 393. The number of rotatable bonds is 7. The first kappa shape index (κ1) is 15.2. The van der Waals surface area contributed by atoms with Crippen molar-refractivity contribution in [2.45, 2.75) is 32.6 Å². The fraction of sp³-hybridized carbons (Fsp3) is 0.500. The molecular weight excluding hydrogens is 292 g/mol. The van der Waals surface area contributed by atoms with Crippen molar-refractivity contribution in [1.82, 2.24) is 5.32 Å². The van der Waals surface area contributed by atoms with Gasteiger partial charge in [-0.25, -0.2) is 0 Å². The van der Waals surface area contributed by atoms with E-state index >= 15 is 0 Å². The molecule has 0 radical (unpaired) electrons. The second-order valence-corrected chi connectivity index (χ2v) is 5.28. The quantitative estimate of drug-likeness (QED) is 0.760. The highest BCUT2D eigenvalue weighted by atomic mass is 79.9. The van der Waals surface area contributed by atoms with Gasteiger partial charge < -0.3 is 11.1 Å². The van der Waals surface area contributed by atoms with Gasteiger partial charge in [0.1, 0.15) is 0 Å². The third kappa shape index (κ3) is 5.65. The van der Waals surface area contributed by atoms with Crippen molar-refractivity contribution in [2.75, 3.05) is 13.1 Å². The fourth-order valence-corrected chi connectivity index (χ4v) is 1.95. The highest BCUT2D eigenvalue weighted by molar-refractivity contribution is 9.10. The summed E-state index contributed by atoms with van der Waals surface area (Å²) in [5, 5.41) is 2.91. The summed E-state index contributed by atoms with van der Waals surface area (Å²) < 4.78 is 1.11. The molecule has 0 fully saturated rings. The molecule has 0 heterocycles. The minimum atomic E-state index is 0.118. The number of hydrogen-bond donors (Lipinski definition) is 2. The molecule has 1 aromatic carbocycles. The van der Waals surface area contributed by atoms with Gasteiger partial charge in [0, 0.05) is 17.4 Å². The molecule has 0 bridgehead atoms. The van der Waals surface area contributed by atoms with Crippen LogP contribution < -0.4 is 11.1 Å². The maximum absolute atomic E-state index is 11.6. The summed E-state index contributed by atoms with van der Waals surface area (Å²) in [5.74, 6) is 0.118. The summed E-state index contributed by atoms with van der Waals surface area (Å²) >= 11 is 3.47. The Balaban J connectivity index is 2.27. The second kappa shape index (κ2) is 8.27. The summed E-state index contributed by atoms with van der Waals surface area (Å²) in [4.78, 5) is 11.6. The molecule has 0 unspecified atom stereocenters. The largest absolute Gasteiger partial charge is 0.356 e. The van der Waals surface area contributed by atoms with E-state index < -0.39 is 0 Å². The molecule has 0 saturated carbocycles. The summed E-state index contributed by atoms with van der Waals surface area (Å²) in [6.07, 6.45) is 3.26. The third-order valence-corrected chi connectivity index (χ3v) is 3.71. The first-order valence-electron chi connectivity index (χ1n) is 6.35. The molecule has 0 spiro atoms. The zero-order valence-electron chi connectivity index (χ0n) is 10.8. The summed E-state index contributed by atoms with van der Waals surface area (Å²) in [7, 11) is 0. The molecule has 4 heteroatoms. The highest BCUT2D eigenvalue weighted by Crippen LogP contribution is 2.17. The standard InChI is InChI=1S/C14H21BrN2O/c1-11-10-12(4-6-13(11)15)5-7-14(18)17-9-3-2-8-16/h4,6,10H,2-3,5,7-9,16H2,1H3,(H,17,18). The molecule has 1 aromatic rings. The van der Waals surface area contributed by atoms with E-state index in [9.17, 15) is 4.79 Å². The van der Waals surface area contributed by atoms with E-state index in [4.69, 9.17) is 5.73 Å². The van der Waals surface area contributed by atoms with Gasteiger partial charge in [-0.15, -0.1) is 0 Å². The van der Waals surface area contributed by atoms with Gasteiger partial charge in [-0.3, -0.25) is 4.79 Å². The fourth-order valence-electron chi connectivity index (χ4n) is 1.71. The van der Waals surface area contributed by atoms with E-state index in [1.165, 1.54) is 11.1 Å². The van der Waals surface area contributed by atoms with Gasteiger partial charge in [0.05, 0.1) is 0 Å². The van der Waals surface area contributed by atoms with Crippen LogP contribution in [0.5, 0.6) is 0 Å². The lowest BCUT2D eigenvalue weighted by Crippen LogP contribution is -2.25. The van der Waals surface area contributed by atoms with E-state index in [-0.39, 0.29) is 5.91 Å². The molecule has 0 atom stereocenters. The van der Waals surface area contributed by atoms with Gasteiger partial charge in [0.15, 0.2) is 0 Å².